The molecule has 1 N–H and O–H groups in total. The Balaban J connectivity index is 2.15. The van der Waals surface area contributed by atoms with Gasteiger partial charge in [0, 0.05) is 5.75 Å². The van der Waals surface area contributed by atoms with E-state index in [1.54, 1.807) is 11.3 Å². The molecule has 0 saturated carbocycles. The molecular weight excluding hydrogens is 250 g/mol. The smallest absolute Gasteiger partial charge is 0.103 e. The average molecular weight is 271 g/mol. The number of nitrogens with zero attached hydrogens (tertiary/aromatic N) is 1. The molecule has 1 aromatic heterocycles. The molecule has 1 unspecified atom stereocenters. The molecule has 2 rings (SSSR count). The first-order chi connectivity index (χ1) is 7.87. The Morgan fingerprint density at radius 3 is 2.88 bits per heavy atom. The number of aliphatic hydroxyl groups excluding tert-OH is 1. The van der Waals surface area contributed by atoms with E-state index in [0.717, 1.165) is 29.2 Å². The second kappa shape index (κ2) is 4.90. The Bertz CT molecular complexity index is 398. The summed E-state index contributed by atoms with van der Waals surface area (Å²) < 4.78 is 0. The van der Waals surface area contributed by atoms with Crippen LogP contribution in [0.25, 0.3) is 0 Å². The van der Waals surface area contributed by atoms with Crippen LogP contribution in [0.1, 0.15) is 55.8 Å². The largest absolute Gasteiger partial charge is 0.387 e. The van der Waals surface area contributed by atoms with Gasteiger partial charge in [-0.1, -0.05) is 27.7 Å². The minimum atomic E-state index is -0.302. The summed E-state index contributed by atoms with van der Waals surface area (Å²) in [5, 5.41) is 12.0. The Kier molecular flexibility index (Phi) is 3.86. The lowest BCUT2D eigenvalue weighted by molar-refractivity contribution is 0.102. The number of rotatable bonds is 3. The highest BCUT2D eigenvalue weighted by Gasteiger charge is 2.33. The second-order valence-electron chi connectivity index (χ2n) is 5.84. The van der Waals surface area contributed by atoms with Crippen molar-refractivity contribution >= 4 is 23.1 Å². The standard InChI is InChI=1S/C13H21NOS2/c1-8(2)16-7-11-14-9-5-13(3,4)6-10(15)12(9)17-11/h8,10,15H,5-7H2,1-4H3. The first-order valence-electron chi connectivity index (χ1n) is 6.15. The predicted molar refractivity (Wildman–Crippen MR) is 75.6 cm³/mol. The van der Waals surface area contributed by atoms with Crippen molar-refractivity contribution in [3.63, 3.8) is 0 Å². The molecule has 17 heavy (non-hydrogen) atoms. The van der Waals surface area contributed by atoms with E-state index < -0.39 is 0 Å². The second-order valence-corrected chi connectivity index (χ2v) is 8.52. The molecule has 1 atom stereocenters. The van der Waals surface area contributed by atoms with E-state index >= 15 is 0 Å². The third kappa shape index (κ3) is 3.24. The maximum atomic E-state index is 10.2. The van der Waals surface area contributed by atoms with Crippen LogP contribution in [0, 0.1) is 5.41 Å². The number of thioether (sulfide) groups is 1. The van der Waals surface area contributed by atoms with Crippen molar-refractivity contribution in [3.05, 3.63) is 15.6 Å². The number of hydrogen-bond acceptors (Lipinski definition) is 4. The lowest BCUT2D eigenvalue weighted by atomic mass is 9.77. The highest BCUT2D eigenvalue weighted by atomic mass is 32.2. The molecular formula is C13H21NOS2. The van der Waals surface area contributed by atoms with E-state index in [4.69, 9.17) is 4.98 Å². The monoisotopic (exact) mass is 271 g/mol. The quantitative estimate of drug-likeness (QED) is 0.908. The molecule has 0 saturated heterocycles. The van der Waals surface area contributed by atoms with Crippen molar-refractivity contribution in [2.75, 3.05) is 0 Å². The van der Waals surface area contributed by atoms with Crippen LogP contribution in [0.5, 0.6) is 0 Å². The van der Waals surface area contributed by atoms with E-state index in [-0.39, 0.29) is 11.5 Å². The van der Waals surface area contributed by atoms with Crippen molar-refractivity contribution < 1.29 is 5.11 Å². The average Bonchev–Trinajstić information content (AvgIpc) is 2.56. The zero-order valence-electron chi connectivity index (χ0n) is 11.0. The van der Waals surface area contributed by atoms with E-state index in [1.807, 2.05) is 11.8 Å². The molecule has 4 heteroatoms. The Morgan fingerprint density at radius 2 is 2.24 bits per heavy atom. The lowest BCUT2D eigenvalue weighted by Crippen LogP contribution is -2.24. The van der Waals surface area contributed by atoms with Gasteiger partial charge in [0.05, 0.1) is 16.7 Å². The number of fused-ring (bicyclic) bond motifs is 1. The summed E-state index contributed by atoms with van der Waals surface area (Å²) in [5.41, 5.74) is 1.32. The molecule has 1 aliphatic rings. The third-order valence-electron chi connectivity index (χ3n) is 3.01. The molecule has 1 heterocycles. The van der Waals surface area contributed by atoms with E-state index in [0.29, 0.717) is 5.25 Å². The van der Waals surface area contributed by atoms with E-state index in [9.17, 15) is 5.11 Å². The molecule has 0 spiro atoms. The zero-order valence-corrected chi connectivity index (χ0v) is 12.6. The molecule has 0 aliphatic heterocycles. The van der Waals surface area contributed by atoms with Gasteiger partial charge in [0.25, 0.3) is 0 Å². The molecule has 0 bridgehead atoms. The topological polar surface area (TPSA) is 33.1 Å². The Labute approximate surface area is 112 Å². The van der Waals surface area contributed by atoms with Crippen LogP contribution in [0.2, 0.25) is 0 Å². The Hall–Kier alpha value is -0.0600. The van der Waals surface area contributed by atoms with Gasteiger partial charge in [-0.2, -0.15) is 11.8 Å². The van der Waals surface area contributed by atoms with E-state index in [2.05, 4.69) is 27.7 Å². The predicted octanol–water partition coefficient (Wildman–Crippen LogP) is 3.79. The molecule has 0 aromatic carbocycles. The summed E-state index contributed by atoms with van der Waals surface area (Å²) in [6.45, 7) is 8.83. The molecule has 1 aromatic rings. The summed E-state index contributed by atoms with van der Waals surface area (Å²) >= 11 is 3.62. The fourth-order valence-corrected chi connectivity index (χ4v) is 4.09. The van der Waals surface area contributed by atoms with Gasteiger partial charge in [-0.25, -0.2) is 4.98 Å². The first kappa shape index (κ1) is 13.4. The highest BCUT2D eigenvalue weighted by Crippen LogP contribution is 2.43. The maximum absolute atomic E-state index is 10.2. The fraction of sp³-hybridized carbons (Fsp3) is 0.769. The van der Waals surface area contributed by atoms with Crippen molar-refractivity contribution in [1.82, 2.24) is 4.98 Å². The van der Waals surface area contributed by atoms with Gasteiger partial charge >= 0.3 is 0 Å². The summed E-state index contributed by atoms with van der Waals surface area (Å²) in [4.78, 5) is 5.82. The van der Waals surface area contributed by atoms with Gasteiger partial charge in [-0.3, -0.25) is 0 Å². The number of thiazole rings is 1. The normalized spacial score (nSPS) is 22.8. The van der Waals surface area contributed by atoms with Crippen LogP contribution in [0.4, 0.5) is 0 Å². The first-order valence-corrected chi connectivity index (χ1v) is 8.02. The van der Waals surface area contributed by atoms with Crippen molar-refractivity contribution in [3.8, 4) is 0 Å². The minimum Gasteiger partial charge on any atom is -0.387 e. The zero-order chi connectivity index (χ0) is 12.6. The van der Waals surface area contributed by atoms with Gasteiger partial charge < -0.3 is 5.11 Å². The van der Waals surface area contributed by atoms with Crippen LogP contribution >= 0.6 is 23.1 Å². The van der Waals surface area contributed by atoms with Gasteiger partial charge in [0.15, 0.2) is 0 Å². The summed E-state index contributed by atoms with van der Waals surface area (Å²) in [6.07, 6.45) is 1.56. The summed E-state index contributed by atoms with van der Waals surface area (Å²) in [5.74, 6) is 0.975. The van der Waals surface area contributed by atoms with E-state index in [1.165, 1.54) is 5.01 Å². The highest BCUT2D eigenvalue weighted by molar-refractivity contribution is 7.99. The van der Waals surface area contributed by atoms with Gasteiger partial charge in [-0.15, -0.1) is 11.3 Å². The van der Waals surface area contributed by atoms with Crippen LogP contribution in [0.3, 0.4) is 0 Å². The maximum Gasteiger partial charge on any atom is 0.103 e. The SMILES string of the molecule is CC(C)SCc1nc2c(s1)C(O)CC(C)(C)C2. The third-order valence-corrected chi connectivity index (χ3v) is 5.49. The number of hydrogen-bond donors (Lipinski definition) is 1. The van der Waals surface area contributed by atoms with Crippen LogP contribution in [0.15, 0.2) is 0 Å². The van der Waals surface area contributed by atoms with Crippen LogP contribution in [-0.4, -0.2) is 15.3 Å². The van der Waals surface area contributed by atoms with Crippen molar-refractivity contribution in [2.24, 2.45) is 5.41 Å². The fourth-order valence-electron chi connectivity index (χ4n) is 2.24. The van der Waals surface area contributed by atoms with Crippen LogP contribution < -0.4 is 0 Å². The molecule has 0 radical (unpaired) electrons. The lowest BCUT2D eigenvalue weighted by Gasteiger charge is -2.31. The van der Waals surface area contributed by atoms with Crippen LogP contribution in [-0.2, 0) is 12.2 Å². The Morgan fingerprint density at radius 1 is 1.53 bits per heavy atom. The summed E-state index contributed by atoms with van der Waals surface area (Å²) in [6, 6.07) is 0. The van der Waals surface area contributed by atoms with Gasteiger partial charge in [0.2, 0.25) is 0 Å². The molecule has 0 amide bonds. The number of aromatic nitrogens is 1. The van der Waals surface area contributed by atoms with Gasteiger partial charge in [0.1, 0.15) is 5.01 Å². The molecule has 96 valence electrons. The summed E-state index contributed by atoms with van der Waals surface area (Å²) in [7, 11) is 0. The van der Waals surface area contributed by atoms with Crippen molar-refractivity contribution in [2.45, 2.75) is 57.6 Å². The number of aliphatic hydroxyl groups is 1. The van der Waals surface area contributed by atoms with Crippen molar-refractivity contribution in [1.29, 1.82) is 0 Å². The minimum absolute atomic E-state index is 0.183. The molecule has 0 fully saturated rings. The molecule has 2 nitrogen and oxygen atoms in total. The molecule has 1 aliphatic carbocycles. The van der Waals surface area contributed by atoms with Gasteiger partial charge in [-0.05, 0) is 23.5 Å².